The number of ether oxygens (including phenoxy) is 1. The van der Waals surface area contributed by atoms with Crippen LogP contribution in [0.1, 0.15) is 33.1 Å². The third-order valence-corrected chi connectivity index (χ3v) is 3.01. The van der Waals surface area contributed by atoms with Crippen molar-refractivity contribution in [3.8, 4) is 5.75 Å². The van der Waals surface area contributed by atoms with Crippen molar-refractivity contribution in [3.63, 3.8) is 0 Å². The zero-order chi connectivity index (χ0) is 14.1. The van der Waals surface area contributed by atoms with Crippen molar-refractivity contribution in [2.24, 2.45) is 0 Å². The molecule has 4 nitrogen and oxygen atoms in total. The van der Waals surface area contributed by atoms with E-state index in [0.29, 0.717) is 24.5 Å². The number of carbonyl (C=O) groups is 1. The van der Waals surface area contributed by atoms with Crippen molar-refractivity contribution in [3.05, 3.63) is 24.3 Å². The van der Waals surface area contributed by atoms with Crippen LogP contribution in [-0.2, 0) is 4.79 Å². The molecule has 0 heterocycles. The Morgan fingerprint density at radius 1 is 1.32 bits per heavy atom. The zero-order valence-corrected chi connectivity index (χ0v) is 11.9. The van der Waals surface area contributed by atoms with Gasteiger partial charge in [0.05, 0.1) is 18.7 Å². The van der Waals surface area contributed by atoms with Gasteiger partial charge in [0.2, 0.25) is 5.91 Å². The molecule has 0 atom stereocenters. The molecular formula is C15H24N2O2. The van der Waals surface area contributed by atoms with Gasteiger partial charge < -0.3 is 15.4 Å². The molecule has 0 spiro atoms. The highest BCUT2D eigenvalue weighted by molar-refractivity contribution is 5.76. The molecule has 0 bridgehead atoms. The van der Waals surface area contributed by atoms with Crippen molar-refractivity contribution in [2.45, 2.75) is 33.1 Å². The van der Waals surface area contributed by atoms with Gasteiger partial charge in [0.15, 0.2) is 0 Å². The van der Waals surface area contributed by atoms with Crippen molar-refractivity contribution in [2.75, 3.05) is 25.4 Å². The average Bonchev–Trinajstić information content (AvgIpc) is 2.42. The van der Waals surface area contributed by atoms with E-state index in [1.54, 1.807) is 6.07 Å². The summed E-state index contributed by atoms with van der Waals surface area (Å²) in [7, 11) is 0. The Bertz CT molecular complexity index is 393. The molecule has 0 saturated heterocycles. The summed E-state index contributed by atoms with van der Waals surface area (Å²) in [5.41, 5.74) is 6.37. The summed E-state index contributed by atoms with van der Waals surface area (Å²) in [6.45, 7) is 6.09. The SMILES string of the molecule is CCCCN(CC)C(=O)CCOc1ccccc1N. The molecule has 1 amide bonds. The van der Waals surface area contributed by atoms with Gasteiger partial charge in [0.1, 0.15) is 5.75 Å². The molecule has 106 valence electrons. The topological polar surface area (TPSA) is 55.6 Å². The fourth-order valence-electron chi connectivity index (χ4n) is 1.83. The number of rotatable bonds is 8. The first-order valence-corrected chi connectivity index (χ1v) is 6.94. The lowest BCUT2D eigenvalue weighted by Crippen LogP contribution is -2.32. The van der Waals surface area contributed by atoms with Gasteiger partial charge in [-0.2, -0.15) is 0 Å². The smallest absolute Gasteiger partial charge is 0.225 e. The quantitative estimate of drug-likeness (QED) is 0.734. The minimum atomic E-state index is 0.144. The highest BCUT2D eigenvalue weighted by Crippen LogP contribution is 2.19. The van der Waals surface area contributed by atoms with E-state index in [0.717, 1.165) is 25.9 Å². The van der Waals surface area contributed by atoms with E-state index in [1.807, 2.05) is 30.0 Å². The van der Waals surface area contributed by atoms with E-state index in [1.165, 1.54) is 0 Å². The molecule has 1 aromatic rings. The van der Waals surface area contributed by atoms with Crippen LogP contribution in [0.4, 0.5) is 5.69 Å². The number of nitrogens with zero attached hydrogens (tertiary/aromatic N) is 1. The normalized spacial score (nSPS) is 10.2. The second-order valence-corrected chi connectivity index (χ2v) is 4.46. The third kappa shape index (κ3) is 5.20. The molecule has 0 radical (unpaired) electrons. The standard InChI is InChI=1S/C15H24N2O2/c1-3-5-11-17(4-2)15(18)10-12-19-14-9-7-6-8-13(14)16/h6-9H,3-5,10-12,16H2,1-2H3. The number of nitrogens with two attached hydrogens (primary N) is 1. The third-order valence-electron chi connectivity index (χ3n) is 3.01. The van der Waals surface area contributed by atoms with Crippen molar-refractivity contribution < 1.29 is 9.53 Å². The number of para-hydroxylation sites is 2. The molecule has 2 N–H and O–H groups in total. The van der Waals surface area contributed by atoms with Crippen molar-refractivity contribution in [1.82, 2.24) is 4.90 Å². The van der Waals surface area contributed by atoms with E-state index in [2.05, 4.69) is 6.92 Å². The lowest BCUT2D eigenvalue weighted by atomic mass is 10.3. The van der Waals surface area contributed by atoms with Crippen LogP contribution >= 0.6 is 0 Å². The lowest BCUT2D eigenvalue weighted by molar-refractivity contribution is -0.131. The van der Waals surface area contributed by atoms with Gasteiger partial charge in [0, 0.05) is 13.1 Å². The van der Waals surface area contributed by atoms with E-state index < -0.39 is 0 Å². The molecule has 0 aromatic heterocycles. The first kappa shape index (κ1) is 15.3. The number of nitrogen functional groups attached to an aromatic ring is 1. The molecule has 0 aliphatic heterocycles. The van der Waals surface area contributed by atoms with E-state index in [9.17, 15) is 4.79 Å². The maximum absolute atomic E-state index is 12.0. The summed E-state index contributed by atoms with van der Waals surface area (Å²) in [5.74, 6) is 0.789. The average molecular weight is 264 g/mol. The molecule has 0 unspecified atom stereocenters. The molecular weight excluding hydrogens is 240 g/mol. The molecule has 0 aliphatic carbocycles. The maximum atomic E-state index is 12.0. The minimum absolute atomic E-state index is 0.144. The molecule has 4 heteroatoms. The Morgan fingerprint density at radius 3 is 2.68 bits per heavy atom. The largest absolute Gasteiger partial charge is 0.491 e. The number of anilines is 1. The number of hydrogen-bond donors (Lipinski definition) is 1. The molecule has 19 heavy (non-hydrogen) atoms. The number of carbonyl (C=O) groups excluding carboxylic acids is 1. The van der Waals surface area contributed by atoms with Gasteiger partial charge in [-0.15, -0.1) is 0 Å². The van der Waals surface area contributed by atoms with Gasteiger partial charge in [-0.05, 0) is 25.5 Å². The van der Waals surface area contributed by atoms with Crippen LogP contribution in [0, 0.1) is 0 Å². The Hall–Kier alpha value is -1.71. The Labute approximate surface area is 115 Å². The summed E-state index contributed by atoms with van der Waals surface area (Å²) >= 11 is 0. The number of benzene rings is 1. The molecule has 0 fully saturated rings. The molecule has 0 aliphatic rings. The van der Waals surface area contributed by atoms with E-state index >= 15 is 0 Å². The van der Waals surface area contributed by atoms with Gasteiger partial charge in [-0.1, -0.05) is 25.5 Å². The Balaban J connectivity index is 2.35. The summed E-state index contributed by atoms with van der Waals surface area (Å²) < 4.78 is 5.53. The first-order chi connectivity index (χ1) is 9.19. The maximum Gasteiger partial charge on any atom is 0.225 e. The highest BCUT2D eigenvalue weighted by Gasteiger charge is 2.11. The number of hydrogen-bond acceptors (Lipinski definition) is 3. The fourth-order valence-corrected chi connectivity index (χ4v) is 1.83. The minimum Gasteiger partial charge on any atom is -0.491 e. The molecule has 1 aromatic carbocycles. The van der Waals surface area contributed by atoms with Crippen LogP contribution in [-0.4, -0.2) is 30.5 Å². The van der Waals surface area contributed by atoms with Crippen molar-refractivity contribution >= 4 is 11.6 Å². The highest BCUT2D eigenvalue weighted by atomic mass is 16.5. The van der Waals surface area contributed by atoms with Crippen LogP contribution in [0.25, 0.3) is 0 Å². The van der Waals surface area contributed by atoms with Crippen LogP contribution in [0.5, 0.6) is 5.75 Å². The Kier molecular flexibility index (Phi) is 6.79. The lowest BCUT2D eigenvalue weighted by Gasteiger charge is -2.20. The van der Waals surface area contributed by atoms with E-state index in [-0.39, 0.29) is 5.91 Å². The summed E-state index contributed by atoms with van der Waals surface area (Å²) in [6, 6.07) is 7.33. The van der Waals surface area contributed by atoms with Crippen LogP contribution < -0.4 is 10.5 Å². The number of unbranched alkanes of at least 4 members (excludes halogenated alkanes) is 1. The fraction of sp³-hybridized carbons (Fsp3) is 0.533. The Morgan fingerprint density at radius 2 is 2.05 bits per heavy atom. The monoisotopic (exact) mass is 264 g/mol. The summed E-state index contributed by atoms with van der Waals surface area (Å²) in [5, 5.41) is 0. The molecule has 1 rings (SSSR count). The second kappa shape index (κ2) is 8.40. The number of amides is 1. The van der Waals surface area contributed by atoms with Gasteiger partial charge in [-0.25, -0.2) is 0 Å². The summed E-state index contributed by atoms with van der Waals surface area (Å²) in [4.78, 5) is 13.8. The van der Waals surface area contributed by atoms with Crippen LogP contribution in [0.2, 0.25) is 0 Å². The van der Waals surface area contributed by atoms with Crippen LogP contribution in [0.3, 0.4) is 0 Å². The van der Waals surface area contributed by atoms with Gasteiger partial charge in [-0.3, -0.25) is 4.79 Å². The first-order valence-electron chi connectivity index (χ1n) is 6.94. The summed E-state index contributed by atoms with van der Waals surface area (Å²) in [6.07, 6.45) is 2.54. The zero-order valence-electron chi connectivity index (χ0n) is 11.9. The predicted octanol–water partition coefficient (Wildman–Crippen LogP) is 2.69. The van der Waals surface area contributed by atoms with Gasteiger partial charge in [0.25, 0.3) is 0 Å². The van der Waals surface area contributed by atoms with Crippen LogP contribution in [0.15, 0.2) is 24.3 Å². The molecule has 0 saturated carbocycles. The van der Waals surface area contributed by atoms with Crippen molar-refractivity contribution in [1.29, 1.82) is 0 Å². The predicted molar refractivity (Wildman–Crippen MR) is 78.1 cm³/mol. The van der Waals surface area contributed by atoms with E-state index in [4.69, 9.17) is 10.5 Å². The second-order valence-electron chi connectivity index (χ2n) is 4.46. The van der Waals surface area contributed by atoms with Gasteiger partial charge >= 0.3 is 0 Å².